The van der Waals surface area contributed by atoms with E-state index in [4.69, 9.17) is 11.6 Å². The van der Waals surface area contributed by atoms with Gasteiger partial charge in [0.2, 0.25) is 11.8 Å². The fourth-order valence-electron chi connectivity index (χ4n) is 4.81. The number of halogens is 4. The van der Waals surface area contributed by atoms with E-state index in [1.807, 2.05) is 4.72 Å². The molecule has 0 aromatic heterocycles. The van der Waals surface area contributed by atoms with Gasteiger partial charge in [-0.3, -0.25) is 24.0 Å². The highest BCUT2D eigenvalue weighted by Crippen LogP contribution is 2.24. The molecule has 0 saturated carbocycles. The van der Waals surface area contributed by atoms with Gasteiger partial charge in [-0.1, -0.05) is 39.3 Å². The zero-order valence-corrected chi connectivity index (χ0v) is 26.9. The number of carbonyl (C=O) groups is 5. The van der Waals surface area contributed by atoms with Crippen LogP contribution in [-0.4, -0.2) is 73.6 Å². The molecule has 1 heterocycles. The number of benzene rings is 2. The highest BCUT2D eigenvalue weighted by Gasteiger charge is 2.46. The third-order valence-corrected chi connectivity index (χ3v) is 8.94. The molecule has 4 amide bonds. The Balaban J connectivity index is 1.70. The van der Waals surface area contributed by atoms with Crippen molar-refractivity contribution in [3.63, 3.8) is 0 Å². The lowest BCUT2D eigenvalue weighted by Gasteiger charge is -2.32. The van der Waals surface area contributed by atoms with Crippen LogP contribution in [0.15, 0.2) is 53.4 Å². The molecule has 3 rings (SSSR count). The molecule has 3 N–H and O–H groups in total. The van der Waals surface area contributed by atoms with E-state index in [0.29, 0.717) is 11.4 Å². The zero-order chi connectivity index (χ0) is 34.6. The van der Waals surface area contributed by atoms with E-state index in [9.17, 15) is 45.6 Å². The lowest BCUT2D eigenvalue weighted by atomic mass is 9.98. The summed E-state index contributed by atoms with van der Waals surface area (Å²) < 4.78 is 66.3. The molecule has 1 aliphatic heterocycles. The van der Waals surface area contributed by atoms with Gasteiger partial charge in [0.1, 0.15) is 12.1 Å². The van der Waals surface area contributed by atoms with Gasteiger partial charge in [-0.05, 0) is 73.2 Å². The average molecular weight is 687 g/mol. The average Bonchev–Trinajstić information content (AvgIpc) is 3.47. The molecule has 16 heteroatoms. The van der Waals surface area contributed by atoms with Crippen molar-refractivity contribution in [1.82, 2.24) is 20.3 Å². The van der Waals surface area contributed by atoms with Crippen molar-refractivity contribution in [1.29, 1.82) is 0 Å². The first-order valence-electron chi connectivity index (χ1n) is 14.3. The van der Waals surface area contributed by atoms with Crippen LogP contribution in [0, 0.1) is 11.8 Å². The summed E-state index contributed by atoms with van der Waals surface area (Å²) in [6, 6.07) is 6.03. The predicted molar refractivity (Wildman–Crippen MR) is 161 cm³/mol. The Hall–Kier alpha value is -3.98. The van der Waals surface area contributed by atoms with Gasteiger partial charge < -0.3 is 15.5 Å². The number of sulfonamides is 1. The van der Waals surface area contributed by atoms with Crippen LogP contribution >= 0.6 is 11.6 Å². The number of rotatable bonds is 11. The quantitative estimate of drug-likeness (QED) is 0.327. The van der Waals surface area contributed by atoms with Crippen LogP contribution in [-0.2, 0) is 24.4 Å². The van der Waals surface area contributed by atoms with E-state index >= 15 is 0 Å². The van der Waals surface area contributed by atoms with Gasteiger partial charge >= 0.3 is 6.18 Å². The summed E-state index contributed by atoms with van der Waals surface area (Å²) in [5.74, 6) is -6.62. The fraction of sp³-hybridized carbons (Fsp3) is 0.433. The van der Waals surface area contributed by atoms with Crippen LogP contribution in [0.1, 0.15) is 61.3 Å². The Bertz CT molecular complexity index is 1580. The smallest absolute Gasteiger partial charge is 0.344 e. The lowest BCUT2D eigenvalue weighted by molar-refractivity contribution is -0.175. The Labute approximate surface area is 269 Å². The standard InChI is InChI=1S/C30H34ClF3N4O7S/c1-16(2)23(25(39)30(32,33)34)35-28(42)22-6-5-15-38(22)29(43)24(17(3)4)36-26(40)18-7-9-19(10-8-18)27(41)37-46(44,45)21-13-11-20(31)12-14-21/h7-14,16-17,22-24H,5-6,15H2,1-4H3,(H,35,42)(H,36,40)(H,37,41)/t22-,23-,24-/m0/s1. The van der Waals surface area contributed by atoms with Gasteiger partial charge in [0, 0.05) is 22.7 Å². The molecule has 0 aliphatic carbocycles. The molecular weight excluding hydrogens is 653 g/mol. The first-order chi connectivity index (χ1) is 21.3. The highest BCUT2D eigenvalue weighted by molar-refractivity contribution is 7.90. The van der Waals surface area contributed by atoms with Crippen molar-refractivity contribution in [3.05, 3.63) is 64.7 Å². The van der Waals surface area contributed by atoms with Crippen molar-refractivity contribution in [2.75, 3.05) is 6.54 Å². The largest absolute Gasteiger partial charge is 0.452 e. The monoisotopic (exact) mass is 686 g/mol. The normalized spacial score (nSPS) is 16.6. The van der Waals surface area contributed by atoms with Crippen molar-refractivity contribution in [3.8, 4) is 0 Å². The van der Waals surface area contributed by atoms with Crippen LogP contribution in [0.25, 0.3) is 0 Å². The maximum absolute atomic E-state index is 13.6. The molecule has 46 heavy (non-hydrogen) atoms. The molecular formula is C30H34ClF3N4O7S. The molecule has 250 valence electrons. The van der Waals surface area contributed by atoms with Crippen molar-refractivity contribution in [2.45, 2.75) is 69.7 Å². The number of ketones is 1. The molecule has 1 fully saturated rings. The van der Waals surface area contributed by atoms with E-state index in [0.717, 1.165) is 0 Å². The summed E-state index contributed by atoms with van der Waals surface area (Å²) in [5.41, 5.74) is -0.0306. The third-order valence-electron chi connectivity index (χ3n) is 7.34. The molecule has 0 radical (unpaired) electrons. The van der Waals surface area contributed by atoms with Crippen LogP contribution in [0.5, 0.6) is 0 Å². The minimum absolute atomic E-state index is 0.0386. The molecule has 0 spiro atoms. The van der Waals surface area contributed by atoms with Gasteiger partial charge in [-0.25, -0.2) is 13.1 Å². The summed E-state index contributed by atoms with van der Waals surface area (Å²) in [7, 11) is -4.20. The third kappa shape index (κ3) is 8.84. The van der Waals surface area contributed by atoms with Gasteiger partial charge in [0.15, 0.2) is 0 Å². The van der Waals surface area contributed by atoms with Crippen LogP contribution in [0.2, 0.25) is 5.02 Å². The minimum Gasteiger partial charge on any atom is -0.344 e. The van der Waals surface area contributed by atoms with Gasteiger partial charge in [-0.15, -0.1) is 0 Å². The maximum atomic E-state index is 13.6. The zero-order valence-electron chi connectivity index (χ0n) is 25.4. The number of alkyl halides is 3. The van der Waals surface area contributed by atoms with Crippen LogP contribution in [0.4, 0.5) is 13.2 Å². The van der Waals surface area contributed by atoms with Gasteiger partial charge in [0.25, 0.3) is 27.6 Å². The molecule has 0 bridgehead atoms. The fourth-order valence-corrected chi connectivity index (χ4v) is 5.91. The number of hydrogen-bond donors (Lipinski definition) is 3. The van der Waals surface area contributed by atoms with Crippen molar-refractivity contribution >= 4 is 51.0 Å². The molecule has 3 atom stereocenters. The van der Waals surface area contributed by atoms with Crippen molar-refractivity contribution < 1.29 is 45.6 Å². The number of carbonyl (C=O) groups excluding carboxylic acids is 5. The SMILES string of the molecule is CC(C)[C@H](NC(=O)c1ccc(C(=O)NS(=O)(=O)c2ccc(Cl)cc2)cc1)C(=O)N1CCC[C@H]1C(=O)N[C@H](C(=O)C(F)(F)F)C(C)C. The molecule has 2 aromatic carbocycles. The molecule has 2 aromatic rings. The summed E-state index contributed by atoms with van der Waals surface area (Å²) in [4.78, 5) is 65.2. The highest BCUT2D eigenvalue weighted by atomic mass is 35.5. The van der Waals surface area contributed by atoms with E-state index in [1.54, 1.807) is 13.8 Å². The second-order valence-corrected chi connectivity index (χ2v) is 13.6. The summed E-state index contributed by atoms with van der Waals surface area (Å²) in [6.07, 6.45) is -4.63. The number of nitrogens with one attached hydrogen (secondary N) is 3. The molecule has 0 unspecified atom stereocenters. The number of amides is 4. The predicted octanol–water partition coefficient (Wildman–Crippen LogP) is 3.48. The Morgan fingerprint density at radius 1 is 0.826 bits per heavy atom. The number of nitrogens with zero attached hydrogens (tertiary/aromatic N) is 1. The topological polar surface area (TPSA) is 159 Å². The first-order valence-corrected chi connectivity index (χ1v) is 16.1. The van der Waals surface area contributed by atoms with Gasteiger partial charge in [0.05, 0.1) is 10.9 Å². The maximum Gasteiger partial charge on any atom is 0.452 e. The Morgan fingerprint density at radius 2 is 1.35 bits per heavy atom. The van der Waals surface area contributed by atoms with Crippen LogP contribution < -0.4 is 15.4 Å². The Morgan fingerprint density at radius 3 is 1.85 bits per heavy atom. The number of hydrogen-bond acceptors (Lipinski definition) is 7. The molecule has 11 nitrogen and oxygen atoms in total. The van der Waals surface area contributed by atoms with Crippen molar-refractivity contribution in [2.24, 2.45) is 11.8 Å². The second-order valence-electron chi connectivity index (χ2n) is 11.4. The Kier molecular flexibility index (Phi) is 11.6. The second kappa shape index (κ2) is 14.6. The summed E-state index contributed by atoms with van der Waals surface area (Å²) >= 11 is 5.78. The van der Waals surface area contributed by atoms with E-state index in [-0.39, 0.29) is 29.0 Å². The van der Waals surface area contributed by atoms with E-state index in [2.05, 4.69) is 10.6 Å². The number of likely N-dealkylation sites (tertiary alicyclic amines) is 1. The van der Waals surface area contributed by atoms with E-state index in [1.165, 1.54) is 67.3 Å². The van der Waals surface area contributed by atoms with E-state index < -0.39 is 75.6 Å². The van der Waals surface area contributed by atoms with Gasteiger partial charge in [-0.2, -0.15) is 13.2 Å². The van der Waals surface area contributed by atoms with Crippen LogP contribution in [0.3, 0.4) is 0 Å². The lowest BCUT2D eigenvalue weighted by Crippen LogP contribution is -2.58. The minimum atomic E-state index is -5.16. The first kappa shape index (κ1) is 36.5. The summed E-state index contributed by atoms with van der Waals surface area (Å²) in [6.45, 7) is 6.13. The molecule has 1 aliphatic rings. The summed E-state index contributed by atoms with van der Waals surface area (Å²) in [5, 5.41) is 5.07. The molecule has 1 saturated heterocycles. The number of Topliss-reactive ketones (excluding diaryl/α,β-unsaturated/α-hetero) is 1.